The summed E-state index contributed by atoms with van der Waals surface area (Å²) in [6.45, 7) is 6.91. The van der Waals surface area contributed by atoms with Crippen molar-refractivity contribution in [1.82, 2.24) is 15.2 Å². The van der Waals surface area contributed by atoms with Crippen molar-refractivity contribution in [2.24, 2.45) is 5.92 Å². The van der Waals surface area contributed by atoms with Gasteiger partial charge in [0.15, 0.2) is 0 Å². The number of nitrogens with zero attached hydrogens (tertiary/aromatic N) is 2. The van der Waals surface area contributed by atoms with Crippen LogP contribution < -0.4 is 10.1 Å². The molecule has 0 atom stereocenters. The average Bonchev–Trinajstić information content (AvgIpc) is 3.72. The minimum Gasteiger partial charge on any atom is -0.457 e. The second-order valence-electron chi connectivity index (χ2n) is 10.3. The number of halogens is 1. The summed E-state index contributed by atoms with van der Waals surface area (Å²) >= 11 is 6.50. The van der Waals surface area contributed by atoms with Crippen LogP contribution in [0, 0.1) is 12.8 Å². The van der Waals surface area contributed by atoms with Gasteiger partial charge in [-0.25, -0.2) is 0 Å². The van der Waals surface area contributed by atoms with Gasteiger partial charge in [-0.3, -0.25) is 19.5 Å². The molecule has 200 valence electrons. The van der Waals surface area contributed by atoms with Crippen molar-refractivity contribution >= 4 is 34.2 Å². The molecule has 1 saturated carbocycles. The molecule has 0 spiro atoms. The molecule has 2 fully saturated rings. The fraction of sp³-hybridized carbons (Fsp3) is 0.433. The van der Waals surface area contributed by atoms with E-state index in [1.54, 1.807) is 18.3 Å². The zero-order valence-corrected chi connectivity index (χ0v) is 22.6. The molecular formula is C30H34ClN3O4. The summed E-state index contributed by atoms with van der Waals surface area (Å²) in [7, 11) is 0. The Balaban J connectivity index is 1.25. The Morgan fingerprint density at radius 2 is 1.97 bits per heavy atom. The molecule has 38 heavy (non-hydrogen) atoms. The first kappa shape index (κ1) is 26.6. The highest BCUT2D eigenvalue weighted by atomic mass is 35.5. The van der Waals surface area contributed by atoms with Gasteiger partial charge < -0.3 is 14.8 Å². The maximum atomic E-state index is 13.0. The second kappa shape index (κ2) is 12.2. The van der Waals surface area contributed by atoms with Crippen LogP contribution in [0.5, 0.6) is 11.5 Å². The first-order chi connectivity index (χ1) is 18.5. The molecule has 1 aliphatic carbocycles. The van der Waals surface area contributed by atoms with Gasteiger partial charge in [0.25, 0.3) is 5.91 Å². The lowest BCUT2D eigenvalue weighted by Gasteiger charge is -2.26. The molecule has 7 nitrogen and oxygen atoms in total. The number of Topliss-reactive ketones (excluding diaryl/α,β-unsaturated/α-hetero) is 1. The number of carbonyl (C=O) groups is 2. The second-order valence-corrected chi connectivity index (χ2v) is 10.7. The van der Waals surface area contributed by atoms with Crippen LogP contribution in [-0.2, 0) is 16.0 Å². The summed E-state index contributed by atoms with van der Waals surface area (Å²) in [6, 6.07) is 11.0. The van der Waals surface area contributed by atoms with Crippen LogP contribution in [0.4, 0.5) is 0 Å². The van der Waals surface area contributed by atoms with Gasteiger partial charge in [-0.15, -0.1) is 0 Å². The molecule has 1 amide bonds. The van der Waals surface area contributed by atoms with Crippen molar-refractivity contribution < 1.29 is 19.1 Å². The number of ketones is 1. The highest BCUT2D eigenvalue weighted by molar-refractivity contribution is 6.31. The molecule has 1 saturated heterocycles. The number of benzene rings is 2. The molecule has 1 N–H and O–H groups in total. The molecule has 0 radical (unpaired) electrons. The van der Waals surface area contributed by atoms with Gasteiger partial charge >= 0.3 is 0 Å². The molecule has 0 bridgehead atoms. The van der Waals surface area contributed by atoms with E-state index < -0.39 is 0 Å². The Morgan fingerprint density at radius 3 is 2.74 bits per heavy atom. The SMILES string of the molecule is Cc1cc2nccc(Oc3ccc(CC(=O)CC4CC4)c(Cl)c3)c2cc1C(=O)NCCCN1CCOCC1. The number of pyridine rings is 1. The number of aromatic nitrogens is 1. The highest BCUT2D eigenvalue weighted by Crippen LogP contribution is 2.35. The molecule has 8 heteroatoms. The van der Waals surface area contributed by atoms with Crippen LogP contribution >= 0.6 is 11.6 Å². The lowest BCUT2D eigenvalue weighted by Crippen LogP contribution is -2.38. The summed E-state index contributed by atoms with van der Waals surface area (Å²) < 4.78 is 11.6. The molecule has 3 aromatic rings. The van der Waals surface area contributed by atoms with E-state index in [0.29, 0.717) is 47.4 Å². The Morgan fingerprint density at radius 1 is 1.16 bits per heavy atom. The minimum atomic E-state index is -0.107. The smallest absolute Gasteiger partial charge is 0.251 e. The maximum Gasteiger partial charge on any atom is 0.251 e. The fourth-order valence-electron chi connectivity index (χ4n) is 4.82. The Labute approximate surface area is 228 Å². The summed E-state index contributed by atoms with van der Waals surface area (Å²) in [5, 5.41) is 4.31. The van der Waals surface area contributed by atoms with E-state index in [9.17, 15) is 9.59 Å². The number of amides is 1. The standard InChI is InChI=1S/C30H34ClN3O4/c1-20-15-28-26(19-25(20)30(36)33-8-2-10-34-11-13-37-14-12-34)29(7-9-32-28)38-24-6-5-22(27(31)18-24)17-23(35)16-21-3-4-21/h5-7,9,15,18-19,21H,2-4,8,10-14,16-17H2,1H3,(H,33,36). The van der Waals surface area contributed by atoms with Crippen LogP contribution in [-0.4, -0.2) is 61.0 Å². The van der Waals surface area contributed by atoms with Crippen molar-refractivity contribution in [3.05, 3.63) is 64.3 Å². The highest BCUT2D eigenvalue weighted by Gasteiger charge is 2.24. The molecule has 0 unspecified atom stereocenters. The topological polar surface area (TPSA) is 80.8 Å². The number of hydrogen-bond donors (Lipinski definition) is 1. The van der Waals surface area contributed by atoms with Crippen LogP contribution in [0.15, 0.2) is 42.6 Å². The predicted octanol–water partition coefficient (Wildman–Crippen LogP) is 5.35. The Kier molecular flexibility index (Phi) is 8.57. The predicted molar refractivity (Wildman–Crippen MR) is 148 cm³/mol. The molecule has 2 aromatic carbocycles. The Hall–Kier alpha value is -3.00. The fourth-order valence-corrected chi connectivity index (χ4v) is 5.06. The van der Waals surface area contributed by atoms with Crippen molar-refractivity contribution in [1.29, 1.82) is 0 Å². The van der Waals surface area contributed by atoms with E-state index in [0.717, 1.165) is 74.1 Å². The summed E-state index contributed by atoms with van der Waals surface area (Å²) in [5.74, 6) is 1.84. The molecule has 2 aliphatic rings. The first-order valence-electron chi connectivity index (χ1n) is 13.4. The average molecular weight is 536 g/mol. The van der Waals surface area contributed by atoms with Gasteiger partial charge in [-0.2, -0.15) is 0 Å². The number of morpholine rings is 1. The van der Waals surface area contributed by atoms with E-state index in [-0.39, 0.29) is 11.7 Å². The lowest BCUT2D eigenvalue weighted by molar-refractivity contribution is -0.118. The zero-order chi connectivity index (χ0) is 26.5. The molecular weight excluding hydrogens is 502 g/mol. The zero-order valence-electron chi connectivity index (χ0n) is 21.8. The van der Waals surface area contributed by atoms with Crippen molar-refractivity contribution in [2.45, 2.75) is 39.0 Å². The number of aryl methyl sites for hydroxylation is 1. The van der Waals surface area contributed by atoms with Crippen LogP contribution in [0.25, 0.3) is 10.9 Å². The summed E-state index contributed by atoms with van der Waals surface area (Å²) in [6.07, 6.45) is 5.87. The third-order valence-electron chi connectivity index (χ3n) is 7.19. The van der Waals surface area contributed by atoms with Crippen LogP contribution in [0.2, 0.25) is 5.02 Å². The van der Waals surface area contributed by atoms with E-state index in [1.807, 2.05) is 31.2 Å². The summed E-state index contributed by atoms with van der Waals surface area (Å²) in [5.41, 5.74) is 3.02. The third kappa shape index (κ3) is 6.90. The quantitative estimate of drug-likeness (QED) is 0.333. The van der Waals surface area contributed by atoms with Gasteiger partial charge in [0.05, 0.1) is 18.7 Å². The van der Waals surface area contributed by atoms with Gasteiger partial charge in [0.1, 0.15) is 17.3 Å². The number of nitrogens with one attached hydrogen (secondary N) is 1. The number of hydrogen-bond acceptors (Lipinski definition) is 6. The van der Waals surface area contributed by atoms with Gasteiger partial charge in [-0.05, 0) is 80.1 Å². The normalized spacial score (nSPS) is 15.9. The van der Waals surface area contributed by atoms with Gasteiger partial charge in [-0.1, -0.05) is 17.7 Å². The van der Waals surface area contributed by atoms with Crippen molar-refractivity contribution in [3.63, 3.8) is 0 Å². The minimum absolute atomic E-state index is 0.107. The van der Waals surface area contributed by atoms with E-state index in [4.69, 9.17) is 21.1 Å². The first-order valence-corrected chi connectivity index (χ1v) is 13.8. The number of carbonyl (C=O) groups excluding carboxylic acids is 2. The van der Waals surface area contributed by atoms with Gasteiger partial charge in [0, 0.05) is 54.6 Å². The number of rotatable bonds is 11. The molecule has 2 heterocycles. The van der Waals surface area contributed by atoms with E-state index in [2.05, 4.69) is 15.2 Å². The van der Waals surface area contributed by atoms with Gasteiger partial charge in [0.2, 0.25) is 0 Å². The summed E-state index contributed by atoms with van der Waals surface area (Å²) in [4.78, 5) is 32.1. The van der Waals surface area contributed by atoms with E-state index >= 15 is 0 Å². The largest absolute Gasteiger partial charge is 0.457 e. The van der Waals surface area contributed by atoms with Crippen LogP contribution in [0.3, 0.4) is 0 Å². The Bertz CT molecular complexity index is 1320. The van der Waals surface area contributed by atoms with Crippen LogP contribution in [0.1, 0.15) is 47.2 Å². The monoisotopic (exact) mass is 535 g/mol. The van der Waals surface area contributed by atoms with Crippen molar-refractivity contribution in [3.8, 4) is 11.5 Å². The third-order valence-corrected chi connectivity index (χ3v) is 7.54. The molecule has 1 aromatic heterocycles. The van der Waals surface area contributed by atoms with Crippen molar-refractivity contribution in [2.75, 3.05) is 39.4 Å². The lowest BCUT2D eigenvalue weighted by atomic mass is 10.0. The number of ether oxygens (including phenoxy) is 2. The molecule has 5 rings (SSSR count). The number of fused-ring (bicyclic) bond motifs is 1. The maximum absolute atomic E-state index is 13.0. The molecule has 1 aliphatic heterocycles. The van der Waals surface area contributed by atoms with E-state index in [1.165, 1.54) is 0 Å².